The molecule has 2 aliphatic heterocycles. The summed E-state index contributed by atoms with van der Waals surface area (Å²) in [6.45, 7) is 1.14. The Kier molecular flexibility index (Phi) is 2.80. The zero-order valence-corrected chi connectivity index (χ0v) is 11.4. The van der Waals surface area contributed by atoms with Gasteiger partial charge in [0.15, 0.2) is 0 Å². The Balaban J connectivity index is 1.78. The van der Waals surface area contributed by atoms with Crippen molar-refractivity contribution in [2.75, 3.05) is 6.54 Å². The van der Waals surface area contributed by atoms with Gasteiger partial charge in [-0.15, -0.1) is 0 Å². The molecule has 2 aliphatic rings. The lowest BCUT2D eigenvalue weighted by Gasteiger charge is -2.27. The van der Waals surface area contributed by atoms with E-state index >= 15 is 0 Å². The Morgan fingerprint density at radius 2 is 1.50 bits per heavy atom. The molecular weight excluding hydrogens is 244 g/mol. The second kappa shape index (κ2) is 4.78. The van der Waals surface area contributed by atoms with Gasteiger partial charge in [-0.2, -0.15) is 0 Å². The number of hydrogen-bond donors (Lipinski definition) is 0. The van der Waals surface area contributed by atoms with Crippen LogP contribution in [0.15, 0.2) is 65.7 Å². The third kappa shape index (κ3) is 1.83. The van der Waals surface area contributed by atoms with Crippen LogP contribution in [0.2, 0.25) is 0 Å². The first-order valence-electron chi connectivity index (χ1n) is 7.37. The van der Waals surface area contributed by atoms with E-state index in [0.29, 0.717) is 6.04 Å². The minimum Gasteiger partial charge on any atom is -0.351 e. The van der Waals surface area contributed by atoms with E-state index in [4.69, 9.17) is 4.99 Å². The fourth-order valence-corrected chi connectivity index (χ4v) is 3.44. The highest BCUT2D eigenvalue weighted by atomic mass is 15.3. The highest BCUT2D eigenvalue weighted by Gasteiger charge is 2.39. The van der Waals surface area contributed by atoms with E-state index in [0.717, 1.165) is 13.0 Å². The molecule has 4 rings (SSSR count). The smallest absolute Gasteiger partial charge is 0.101 e. The molecule has 0 bridgehead atoms. The first-order valence-corrected chi connectivity index (χ1v) is 7.37. The summed E-state index contributed by atoms with van der Waals surface area (Å²) in [4.78, 5) is 7.53. The topological polar surface area (TPSA) is 15.6 Å². The Morgan fingerprint density at radius 1 is 0.850 bits per heavy atom. The van der Waals surface area contributed by atoms with Crippen LogP contribution >= 0.6 is 0 Å². The fraction of sp³-hybridized carbons (Fsp3) is 0.278. The molecule has 2 heterocycles. The number of rotatable bonds is 2. The van der Waals surface area contributed by atoms with Crippen molar-refractivity contribution < 1.29 is 0 Å². The van der Waals surface area contributed by atoms with Gasteiger partial charge >= 0.3 is 0 Å². The number of benzene rings is 2. The third-order valence-corrected chi connectivity index (χ3v) is 4.34. The number of aliphatic imine (C=N–C) groups is 1. The van der Waals surface area contributed by atoms with Crippen molar-refractivity contribution in [1.82, 2.24) is 4.90 Å². The van der Waals surface area contributed by atoms with Crippen LogP contribution in [-0.4, -0.2) is 17.3 Å². The molecule has 2 atom stereocenters. The van der Waals surface area contributed by atoms with Crippen molar-refractivity contribution in [3.05, 3.63) is 71.8 Å². The van der Waals surface area contributed by atoms with Gasteiger partial charge in [0.2, 0.25) is 0 Å². The summed E-state index contributed by atoms with van der Waals surface area (Å²) in [7, 11) is 0. The molecule has 20 heavy (non-hydrogen) atoms. The zero-order valence-electron chi connectivity index (χ0n) is 11.4. The predicted molar refractivity (Wildman–Crippen MR) is 81.7 cm³/mol. The zero-order chi connectivity index (χ0) is 13.4. The highest BCUT2D eigenvalue weighted by Crippen LogP contribution is 2.44. The minimum absolute atomic E-state index is 0.244. The van der Waals surface area contributed by atoms with Crippen LogP contribution in [0.4, 0.5) is 0 Å². The first-order chi connectivity index (χ1) is 9.93. The molecule has 0 amide bonds. The first kappa shape index (κ1) is 11.7. The molecular formula is C18H18N2. The van der Waals surface area contributed by atoms with E-state index in [1.54, 1.807) is 0 Å². The Bertz CT molecular complexity index is 618. The summed E-state index contributed by atoms with van der Waals surface area (Å²) in [6, 6.07) is 22.1. The van der Waals surface area contributed by atoms with Gasteiger partial charge in [0.1, 0.15) is 11.9 Å². The van der Waals surface area contributed by atoms with E-state index in [1.165, 1.54) is 23.4 Å². The second-order valence-corrected chi connectivity index (χ2v) is 5.55. The summed E-state index contributed by atoms with van der Waals surface area (Å²) in [5, 5.41) is 0. The summed E-state index contributed by atoms with van der Waals surface area (Å²) in [5.74, 6) is 1.30. The third-order valence-electron chi connectivity index (χ3n) is 4.34. The van der Waals surface area contributed by atoms with E-state index in [2.05, 4.69) is 65.6 Å². The Hall–Kier alpha value is -2.09. The molecule has 0 N–H and O–H groups in total. The molecule has 2 aromatic carbocycles. The molecule has 0 aliphatic carbocycles. The average Bonchev–Trinajstić information content (AvgIpc) is 3.09. The molecule has 0 spiro atoms. The van der Waals surface area contributed by atoms with Crippen LogP contribution in [0, 0.1) is 0 Å². The highest BCUT2D eigenvalue weighted by molar-refractivity contribution is 5.86. The van der Waals surface area contributed by atoms with Gasteiger partial charge in [0, 0.05) is 13.0 Å². The van der Waals surface area contributed by atoms with Crippen LogP contribution in [0.3, 0.4) is 0 Å². The molecule has 1 fully saturated rings. The van der Waals surface area contributed by atoms with E-state index < -0.39 is 0 Å². The number of hydrogen-bond acceptors (Lipinski definition) is 2. The van der Waals surface area contributed by atoms with Gasteiger partial charge in [0.25, 0.3) is 0 Å². The maximum atomic E-state index is 5.02. The van der Waals surface area contributed by atoms with E-state index in [9.17, 15) is 0 Å². The van der Waals surface area contributed by atoms with Gasteiger partial charge in [-0.05, 0) is 17.5 Å². The van der Waals surface area contributed by atoms with Crippen LogP contribution in [0.25, 0.3) is 0 Å². The van der Waals surface area contributed by atoms with Gasteiger partial charge in [0.05, 0.1) is 6.04 Å². The maximum absolute atomic E-state index is 5.02. The van der Waals surface area contributed by atoms with Gasteiger partial charge in [-0.1, -0.05) is 60.7 Å². The van der Waals surface area contributed by atoms with Gasteiger partial charge < -0.3 is 4.90 Å². The SMILES string of the molecule is c1ccc(C2N=C3CCCN3C2c2ccccc2)cc1. The molecule has 2 heteroatoms. The standard InChI is InChI=1S/C18H18N2/c1-3-8-14(9-4-1)17-18(15-10-5-2-6-11-15)20-13-7-12-16(20)19-17/h1-6,8-11,17-18H,7,12-13H2. The molecule has 2 unspecified atom stereocenters. The van der Waals surface area contributed by atoms with Crippen molar-refractivity contribution in [3.8, 4) is 0 Å². The Morgan fingerprint density at radius 3 is 2.20 bits per heavy atom. The monoisotopic (exact) mass is 262 g/mol. The van der Waals surface area contributed by atoms with Crippen molar-refractivity contribution in [2.24, 2.45) is 4.99 Å². The lowest BCUT2D eigenvalue weighted by molar-refractivity contribution is 0.329. The number of amidine groups is 1. The fourth-order valence-electron chi connectivity index (χ4n) is 3.44. The van der Waals surface area contributed by atoms with Crippen molar-refractivity contribution in [1.29, 1.82) is 0 Å². The largest absolute Gasteiger partial charge is 0.351 e. The number of fused-ring (bicyclic) bond motifs is 1. The molecule has 2 aromatic rings. The molecule has 2 nitrogen and oxygen atoms in total. The normalized spacial score (nSPS) is 24.6. The van der Waals surface area contributed by atoms with Crippen LogP contribution in [0.5, 0.6) is 0 Å². The molecule has 100 valence electrons. The van der Waals surface area contributed by atoms with Crippen LogP contribution in [-0.2, 0) is 0 Å². The van der Waals surface area contributed by atoms with Crippen molar-refractivity contribution in [2.45, 2.75) is 24.9 Å². The summed E-state index contributed by atoms with van der Waals surface area (Å²) >= 11 is 0. The lowest BCUT2D eigenvalue weighted by atomic mass is 9.94. The summed E-state index contributed by atoms with van der Waals surface area (Å²) in [5.41, 5.74) is 2.70. The van der Waals surface area contributed by atoms with Crippen LogP contribution < -0.4 is 0 Å². The Labute approximate surface area is 119 Å². The predicted octanol–water partition coefficient (Wildman–Crippen LogP) is 3.98. The average molecular weight is 262 g/mol. The summed E-state index contributed by atoms with van der Waals surface area (Å²) in [6.07, 6.45) is 2.37. The van der Waals surface area contributed by atoms with Crippen molar-refractivity contribution in [3.63, 3.8) is 0 Å². The lowest BCUT2D eigenvalue weighted by Crippen LogP contribution is -2.26. The quantitative estimate of drug-likeness (QED) is 0.799. The molecule has 0 radical (unpaired) electrons. The van der Waals surface area contributed by atoms with Crippen molar-refractivity contribution >= 4 is 5.84 Å². The van der Waals surface area contributed by atoms with E-state index in [1.807, 2.05) is 0 Å². The second-order valence-electron chi connectivity index (χ2n) is 5.55. The maximum Gasteiger partial charge on any atom is 0.101 e. The van der Waals surface area contributed by atoms with E-state index in [-0.39, 0.29) is 6.04 Å². The molecule has 1 saturated heterocycles. The summed E-state index contributed by atoms with van der Waals surface area (Å²) < 4.78 is 0. The molecule has 0 saturated carbocycles. The minimum atomic E-state index is 0.244. The van der Waals surface area contributed by atoms with Crippen LogP contribution in [0.1, 0.15) is 36.1 Å². The number of nitrogens with zero attached hydrogens (tertiary/aromatic N) is 2. The van der Waals surface area contributed by atoms with Gasteiger partial charge in [-0.25, -0.2) is 0 Å². The van der Waals surface area contributed by atoms with Gasteiger partial charge in [-0.3, -0.25) is 4.99 Å². The molecule has 0 aromatic heterocycles.